The largest absolute Gasteiger partial charge is 0.389 e. The summed E-state index contributed by atoms with van der Waals surface area (Å²) in [5.74, 6) is 0.849. The highest BCUT2D eigenvalue weighted by atomic mass is 16.5. The molecule has 0 aliphatic rings. The van der Waals surface area contributed by atoms with E-state index in [0.717, 1.165) is 29.9 Å². The van der Waals surface area contributed by atoms with Gasteiger partial charge in [0, 0.05) is 18.7 Å². The fourth-order valence-electron chi connectivity index (χ4n) is 1.67. The molecular weight excluding hydrogens is 204 g/mol. The smallest absolute Gasteiger partial charge is 0.138 e. The summed E-state index contributed by atoms with van der Waals surface area (Å²) >= 11 is 0. The highest BCUT2D eigenvalue weighted by Crippen LogP contribution is 2.15. The van der Waals surface area contributed by atoms with Gasteiger partial charge in [0.2, 0.25) is 0 Å². The number of nitrogens with one attached hydrogen (secondary N) is 1. The van der Waals surface area contributed by atoms with E-state index in [2.05, 4.69) is 10.5 Å². The first-order valence-electron chi connectivity index (χ1n) is 5.87. The van der Waals surface area contributed by atoms with Crippen LogP contribution in [0.3, 0.4) is 0 Å². The summed E-state index contributed by atoms with van der Waals surface area (Å²) in [5.41, 5.74) is 1.41. The summed E-state index contributed by atoms with van der Waals surface area (Å²) in [6.45, 7) is 9.14. The van der Waals surface area contributed by atoms with E-state index in [4.69, 9.17) is 4.52 Å². The van der Waals surface area contributed by atoms with E-state index in [1.807, 2.05) is 27.7 Å². The Morgan fingerprint density at radius 1 is 1.31 bits per heavy atom. The van der Waals surface area contributed by atoms with Gasteiger partial charge < -0.3 is 14.9 Å². The SMILES string of the molecule is CCC(O)(CC)CNCc1c(C)noc1C. The number of nitrogens with zero attached hydrogens (tertiary/aromatic N) is 1. The second-order valence-electron chi connectivity index (χ2n) is 4.34. The lowest BCUT2D eigenvalue weighted by molar-refractivity contribution is 0.0322. The molecule has 0 saturated carbocycles. The fourth-order valence-corrected chi connectivity index (χ4v) is 1.67. The minimum atomic E-state index is -0.598. The molecule has 0 radical (unpaired) electrons. The van der Waals surface area contributed by atoms with Crippen molar-refractivity contribution in [1.82, 2.24) is 10.5 Å². The average Bonchev–Trinajstić information content (AvgIpc) is 2.60. The number of rotatable bonds is 6. The van der Waals surface area contributed by atoms with E-state index in [9.17, 15) is 5.11 Å². The van der Waals surface area contributed by atoms with Gasteiger partial charge in [-0.2, -0.15) is 0 Å². The Kier molecular flexibility index (Phi) is 4.50. The van der Waals surface area contributed by atoms with Crippen LogP contribution in [-0.2, 0) is 6.54 Å². The number of aliphatic hydroxyl groups is 1. The molecule has 16 heavy (non-hydrogen) atoms. The molecule has 1 rings (SSSR count). The van der Waals surface area contributed by atoms with Crippen LogP contribution in [-0.4, -0.2) is 22.4 Å². The Hall–Kier alpha value is -0.870. The average molecular weight is 226 g/mol. The lowest BCUT2D eigenvalue weighted by atomic mass is 9.97. The van der Waals surface area contributed by atoms with Crippen molar-refractivity contribution in [2.75, 3.05) is 6.54 Å². The van der Waals surface area contributed by atoms with E-state index in [-0.39, 0.29) is 0 Å². The van der Waals surface area contributed by atoms with Crippen LogP contribution < -0.4 is 5.32 Å². The lowest BCUT2D eigenvalue weighted by Gasteiger charge is -2.25. The molecule has 0 saturated heterocycles. The maximum Gasteiger partial charge on any atom is 0.138 e. The summed E-state index contributed by atoms with van der Waals surface area (Å²) in [7, 11) is 0. The molecule has 0 fully saturated rings. The highest BCUT2D eigenvalue weighted by molar-refractivity contribution is 5.20. The van der Waals surface area contributed by atoms with Crippen molar-refractivity contribution in [3.05, 3.63) is 17.0 Å². The van der Waals surface area contributed by atoms with Gasteiger partial charge in [-0.3, -0.25) is 0 Å². The second kappa shape index (κ2) is 5.46. The minimum Gasteiger partial charge on any atom is -0.389 e. The van der Waals surface area contributed by atoms with Crippen LogP contribution in [0, 0.1) is 13.8 Å². The second-order valence-corrected chi connectivity index (χ2v) is 4.34. The van der Waals surface area contributed by atoms with E-state index in [0.29, 0.717) is 13.1 Å². The highest BCUT2D eigenvalue weighted by Gasteiger charge is 2.21. The van der Waals surface area contributed by atoms with Crippen LogP contribution in [0.25, 0.3) is 0 Å². The molecule has 0 bridgehead atoms. The maximum atomic E-state index is 10.1. The van der Waals surface area contributed by atoms with Gasteiger partial charge in [-0.05, 0) is 26.7 Å². The van der Waals surface area contributed by atoms with Crippen LogP contribution in [0.1, 0.15) is 43.7 Å². The van der Waals surface area contributed by atoms with Crippen molar-refractivity contribution in [3.8, 4) is 0 Å². The lowest BCUT2D eigenvalue weighted by Crippen LogP contribution is -2.39. The first kappa shape index (κ1) is 13.2. The molecule has 4 nitrogen and oxygen atoms in total. The molecule has 1 aromatic heterocycles. The van der Waals surface area contributed by atoms with Crippen molar-refractivity contribution < 1.29 is 9.63 Å². The van der Waals surface area contributed by atoms with Crippen molar-refractivity contribution in [3.63, 3.8) is 0 Å². The van der Waals surface area contributed by atoms with Crippen LogP contribution >= 0.6 is 0 Å². The molecule has 0 amide bonds. The molecule has 0 aromatic carbocycles. The van der Waals surface area contributed by atoms with Gasteiger partial charge in [-0.25, -0.2) is 0 Å². The molecule has 4 heteroatoms. The van der Waals surface area contributed by atoms with E-state index < -0.39 is 5.60 Å². The predicted octanol–water partition coefficient (Wildman–Crippen LogP) is 1.93. The van der Waals surface area contributed by atoms with Crippen molar-refractivity contribution in [2.24, 2.45) is 0 Å². The van der Waals surface area contributed by atoms with E-state index >= 15 is 0 Å². The molecule has 0 spiro atoms. The van der Waals surface area contributed by atoms with Gasteiger partial charge >= 0.3 is 0 Å². The zero-order valence-electron chi connectivity index (χ0n) is 10.6. The molecule has 0 unspecified atom stereocenters. The standard InChI is InChI=1S/C12H22N2O2/c1-5-12(15,6-2)8-13-7-11-9(3)14-16-10(11)4/h13,15H,5-8H2,1-4H3. The fraction of sp³-hybridized carbons (Fsp3) is 0.750. The normalized spacial score (nSPS) is 12.1. The Labute approximate surface area is 97.0 Å². The van der Waals surface area contributed by atoms with Gasteiger partial charge in [-0.1, -0.05) is 19.0 Å². The maximum absolute atomic E-state index is 10.1. The van der Waals surface area contributed by atoms with Gasteiger partial charge in [0.1, 0.15) is 5.76 Å². The van der Waals surface area contributed by atoms with Gasteiger partial charge in [0.15, 0.2) is 0 Å². The molecule has 1 heterocycles. The van der Waals surface area contributed by atoms with Crippen molar-refractivity contribution in [1.29, 1.82) is 0 Å². The third-order valence-corrected chi connectivity index (χ3v) is 3.25. The zero-order valence-corrected chi connectivity index (χ0v) is 10.6. The Bertz CT molecular complexity index is 310. The Balaban J connectivity index is 2.47. The van der Waals surface area contributed by atoms with Gasteiger partial charge in [0.05, 0.1) is 11.3 Å². The molecule has 0 aliphatic heterocycles. The van der Waals surface area contributed by atoms with Crippen LogP contribution in [0.15, 0.2) is 4.52 Å². The third kappa shape index (κ3) is 3.06. The summed E-state index contributed by atoms with van der Waals surface area (Å²) in [6, 6.07) is 0. The zero-order chi connectivity index (χ0) is 12.2. The van der Waals surface area contributed by atoms with Crippen molar-refractivity contribution >= 4 is 0 Å². The summed E-state index contributed by atoms with van der Waals surface area (Å²) < 4.78 is 5.08. The van der Waals surface area contributed by atoms with Crippen LogP contribution in [0.5, 0.6) is 0 Å². The first-order valence-corrected chi connectivity index (χ1v) is 5.87. The number of hydrogen-bond donors (Lipinski definition) is 2. The summed E-state index contributed by atoms with van der Waals surface area (Å²) in [4.78, 5) is 0. The monoisotopic (exact) mass is 226 g/mol. The molecular formula is C12H22N2O2. The number of aryl methyl sites for hydroxylation is 2. The molecule has 2 N–H and O–H groups in total. The first-order chi connectivity index (χ1) is 7.52. The Morgan fingerprint density at radius 3 is 2.38 bits per heavy atom. The van der Waals surface area contributed by atoms with E-state index in [1.165, 1.54) is 0 Å². The van der Waals surface area contributed by atoms with Crippen molar-refractivity contribution in [2.45, 2.75) is 52.7 Å². The van der Waals surface area contributed by atoms with Crippen LogP contribution in [0.2, 0.25) is 0 Å². The third-order valence-electron chi connectivity index (χ3n) is 3.25. The quantitative estimate of drug-likeness (QED) is 0.778. The minimum absolute atomic E-state index is 0.598. The molecule has 0 atom stereocenters. The van der Waals surface area contributed by atoms with E-state index in [1.54, 1.807) is 0 Å². The summed E-state index contributed by atoms with van der Waals surface area (Å²) in [6.07, 6.45) is 1.52. The molecule has 1 aromatic rings. The summed E-state index contributed by atoms with van der Waals surface area (Å²) in [5, 5.41) is 17.3. The van der Waals surface area contributed by atoms with Gasteiger partial charge in [0.25, 0.3) is 0 Å². The molecule has 92 valence electrons. The van der Waals surface area contributed by atoms with Gasteiger partial charge in [-0.15, -0.1) is 0 Å². The topological polar surface area (TPSA) is 58.3 Å². The Morgan fingerprint density at radius 2 is 1.94 bits per heavy atom. The number of aromatic nitrogens is 1. The predicted molar refractivity (Wildman–Crippen MR) is 63.2 cm³/mol. The van der Waals surface area contributed by atoms with Crippen LogP contribution in [0.4, 0.5) is 0 Å². The number of hydrogen-bond acceptors (Lipinski definition) is 4. The molecule has 0 aliphatic carbocycles.